The zero-order valence-corrected chi connectivity index (χ0v) is 11.4. The van der Waals surface area contributed by atoms with Crippen LogP contribution in [0.4, 0.5) is 5.13 Å². The number of carbonyl (C=O) groups excluding carboxylic acids is 1. The van der Waals surface area contributed by atoms with Gasteiger partial charge in [0.05, 0.1) is 23.7 Å². The monoisotopic (exact) mass is 278 g/mol. The highest BCUT2D eigenvalue weighted by atomic mass is 32.1. The Morgan fingerprint density at radius 3 is 3.21 bits per heavy atom. The molecule has 0 fully saturated rings. The predicted molar refractivity (Wildman–Crippen MR) is 71.5 cm³/mol. The third-order valence-corrected chi connectivity index (χ3v) is 4.20. The average Bonchev–Trinajstić information content (AvgIpc) is 3.04. The van der Waals surface area contributed by atoms with Crippen molar-refractivity contribution in [3.8, 4) is 0 Å². The minimum Gasteiger partial charge on any atom is -0.378 e. The summed E-state index contributed by atoms with van der Waals surface area (Å²) in [6.07, 6.45) is 4.65. The van der Waals surface area contributed by atoms with Crippen LogP contribution in [0.3, 0.4) is 0 Å². The molecule has 0 saturated carbocycles. The minimum absolute atomic E-state index is 0.368. The second kappa shape index (κ2) is 5.10. The summed E-state index contributed by atoms with van der Waals surface area (Å²) in [5, 5.41) is 0.864. The Kier molecular flexibility index (Phi) is 3.31. The van der Waals surface area contributed by atoms with Gasteiger partial charge in [-0.1, -0.05) is 11.3 Å². The topological polar surface area (TPSA) is 60.2 Å². The Bertz CT molecular complexity index is 592. The Labute approximate surface area is 114 Å². The summed E-state index contributed by atoms with van der Waals surface area (Å²) >= 11 is 1.41. The molecule has 3 heterocycles. The molecule has 6 nitrogen and oxygen atoms in total. The van der Waals surface area contributed by atoms with Gasteiger partial charge < -0.3 is 14.2 Å². The number of aldehydes is 1. The number of carbonyl (C=O) groups is 1. The Hall–Kier alpha value is -1.73. The first kappa shape index (κ1) is 12.3. The van der Waals surface area contributed by atoms with E-state index in [-0.39, 0.29) is 0 Å². The summed E-state index contributed by atoms with van der Waals surface area (Å²) in [4.78, 5) is 22.7. The number of aromatic nitrogens is 3. The molecule has 0 spiro atoms. The third-order valence-electron chi connectivity index (χ3n) is 3.12. The van der Waals surface area contributed by atoms with E-state index in [1.807, 2.05) is 12.4 Å². The van der Waals surface area contributed by atoms with Crippen LogP contribution in [0.5, 0.6) is 0 Å². The molecule has 2 aromatic rings. The van der Waals surface area contributed by atoms with Gasteiger partial charge in [-0.05, 0) is 0 Å². The quantitative estimate of drug-likeness (QED) is 0.789. The summed E-state index contributed by atoms with van der Waals surface area (Å²) in [7, 11) is 1.60. The molecule has 3 rings (SSSR count). The SMILES string of the molecule is COCc1nc(N2CCn3ccnc3C2)sc1C=O. The maximum Gasteiger partial charge on any atom is 0.186 e. The van der Waals surface area contributed by atoms with Crippen LogP contribution in [0.1, 0.15) is 21.2 Å². The molecular weight excluding hydrogens is 264 g/mol. The zero-order valence-electron chi connectivity index (χ0n) is 10.6. The molecule has 0 N–H and O–H groups in total. The molecule has 0 aliphatic carbocycles. The fourth-order valence-electron chi connectivity index (χ4n) is 2.15. The van der Waals surface area contributed by atoms with Gasteiger partial charge >= 0.3 is 0 Å². The summed E-state index contributed by atoms with van der Waals surface area (Å²) in [5.41, 5.74) is 0.714. The number of ether oxygens (including phenoxy) is 1. The van der Waals surface area contributed by atoms with Gasteiger partial charge in [-0.25, -0.2) is 9.97 Å². The van der Waals surface area contributed by atoms with Crippen molar-refractivity contribution in [3.05, 3.63) is 28.8 Å². The molecule has 19 heavy (non-hydrogen) atoms. The zero-order chi connectivity index (χ0) is 13.2. The van der Waals surface area contributed by atoms with Crippen molar-refractivity contribution in [1.29, 1.82) is 0 Å². The van der Waals surface area contributed by atoms with Crippen LogP contribution in [-0.2, 0) is 24.4 Å². The number of methoxy groups -OCH3 is 1. The molecule has 0 unspecified atom stereocenters. The van der Waals surface area contributed by atoms with Gasteiger partial charge in [-0.2, -0.15) is 0 Å². The van der Waals surface area contributed by atoms with Crippen molar-refractivity contribution in [2.45, 2.75) is 19.7 Å². The predicted octanol–water partition coefficient (Wildman–Crippen LogP) is 1.32. The second-order valence-corrected chi connectivity index (χ2v) is 5.33. The molecular formula is C12H14N4O2S. The lowest BCUT2D eigenvalue weighted by molar-refractivity contribution is 0.112. The van der Waals surface area contributed by atoms with E-state index in [0.29, 0.717) is 17.2 Å². The van der Waals surface area contributed by atoms with E-state index < -0.39 is 0 Å². The first-order valence-electron chi connectivity index (χ1n) is 6.00. The van der Waals surface area contributed by atoms with Crippen LogP contribution >= 0.6 is 11.3 Å². The Morgan fingerprint density at radius 2 is 2.42 bits per heavy atom. The van der Waals surface area contributed by atoms with E-state index in [0.717, 1.165) is 36.9 Å². The fraction of sp³-hybridized carbons (Fsp3) is 0.417. The van der Waals surface area contributed by atoms with Crippen molar-refractivity contribution < 1.29 is 9.53 Å². The first-order valence-corrected chi connectivity index (χ1v) is 6.82. The van der Waals surface area contributed by atoms with E-state index in [2.05, 4.69) is 19.4 Å². The van der Waals surface area contributed by atoms with E-state index in [1.165, 1.54) is 11.3 Å². The number of thiazole rings is 1. The lowest BCUT2D eigenvalue weighted by atomic mass is 10.4. The van der Waals surface area contributed by atoms with Gasteiger partial charge in [0.2, 0.25) is 0 Å². The van der Waals surface area contributed by atoms with E-state index in [9.17, 15) is 4.79 Å². The maximum atomic E-state index is 11.0. The summed E-state index contributed by atoms with van der Waals surface area (Å²) in [6.45, 7) is 2.87. The van der Waals surface area contributed by atoms with Crippen LogP contribution in [0, 0.1) is 0 Å². The molecule has 7 heteroatoms. The normalized spacial score (nSPS) is 14.5. The van der Waals surface area contributed by atoms with Crippen LogP contribution in [0.25, 0.3) is 0 Å². The number of fused-ring (bicyclic) bond motifs is 1. The summed E-state index contributed by atoms with van der Waals surface area (Å²) < 4.78 is 7.20. The van der Waals surface area contributed by atoms with E-state index >= 15 is 0 Å². The lowest BCUT2D eigenvalue weighted by Crippen LogP contribution is -2.33. The largest absolute Gasteiger partial charge is 0.378 e. The third kappa shape index (κ3) is 2.26. The number of hydrogen-bond acceptors (Lipinski definition) is 6. The van der Waals surface area contributed by atoms with Crippen molar-refractivity contribution in [2.75, 3.05) is 18.6 Å². The highest BCUT2D eigenvalue weighted by Crippen LogP contribution is 2.28. The van der Waals surface area contributed by atoms with Gasteiger partial charge in [0.15, 0.2) is 11.4 Å². The Morgan fingerprint density at radius 1 is 1.53 bits per heavy atom. The van der Waals surface area contributed by atoms with E-state index in [1.54, 1.807) is 7.11 Å². The maximum absolute atomic E-state index is 11.0. The van der Waals surface area contributed by atoms with Gasteiger partial charge in [0, 0.05) is 32.6 Å². The van der Waals surface area contributed by atoms with Gasteiger partial charge in [0.25, 0.3) is 0 Å². The molecule has 0 bridgehead atoms. The number of nitrogens with zero attached hydrogens (tertiary/aromatic N) is 4. The molecule has 2 aromatic heterocycles. The number of hydrogen-bond donors (Lipinski definition) is 0. The second-order valence-electron chi connectivity index (χ2n) is 4.32. The number of imidazole rings is 1. The standard InChI is InChI=1S/C12H14N4O2S/c1-18-8-9-10(7-17)19-12(14-9)16-5-4-15-3-2-13-11(15)6-16/h2-3,7H,4-6,8H2,1H3. The molecule has 0 atom stereocenters. The molecule has 0 radical (unpaired) electrons. The van der Waals surface area contributed by atoms with Crippen molar-refractivity contribution in [2.24, 2.45) is 0 Å². The van der Waals surface area contributed by atoms with Gasteiger partial charge in [-0.3, -0.25) is 4.79 Å². The molecule has 0 amide bonds. The van der Waals surface area contributed by atoms with Crippen LogP contribution < -0.4 is 4.90 Å². The van der Waals surface area contributed by atoms with Crippen LogP contribution in [0.2, 0.25) is 0 Å². The first-order chi connectivity index (χ1) is 9.31. The van der Waals surface area contributed by atoms with Crippen molar-refractivity contribution in [3.63, 3.8) is 0 Å². The lowest BCUT2D eigenvalue weighted by Gasteiger charge is -2.27. The summed E-state index contributed by atoms with van der Waals surface area (Å²) in [5.74, 6) is 1.03. The Balaban J connectivity index is 1.85. The molecule has 0 aromatic carbocycles. The molecule has 1 aliphatic heterocycles. The van der Waals surface area contributed by atoms with Gasteiger partial charge in [-0.15, -0.1) is 0 Å². The van der Waals surface area contributed by atoms with Gasteiger partial charge in [0.1, 0.15) is 5.82 Å². The van der Waals surface area contributed by atoms with Crippen LogP contribution in [-0.4, -0.2) is 34.5 Å². The average molecular weight is 278 g/mol. The number of rotatable bonds is 4. The fourth-order valence-corrected chi connectivity index (χ4v) is 3.06. The minimum atomic E-state index is 0.368. The van der Waals surface area contributed by atoms with E-state index in [4.69, 9.17) is 4.74 Å². The smallest absolute Gasteiger partial charge is 0.186 e. The highest BCUT2D eigenvalue weighted by Gasteiger charge is 2.21. The molecule has 0 saturated heterocycles. The van der Waals surface area contributed by atoms with Crippen LogP contribution in [0.15, 0.2) is 12.4 Å². The molecule has 1 aliphatic rings. The highest BCUT2D eigenvalue weighted by molar-refractivity contribution is 7.17. The van der Waals surface area contributed by atoms with Crippen molar-refractivity contribution >= 4 is 22.8 Å². The molecule has 100 valence electrons. The summed E-state index contributed by atoms with van der Waals surface area (Å²) in [6, 6.07) is 0. The van der Waals surface area contributed by atoms with Crippen molar-refractivity contribution in [1.82, 2.24) is 14.5 Å². The number of anilines is 1.